The van der Waals surface area contributed by atoms with E-state index in [1.54, 1.807) is 29.1 Å². The van der Waals surface area contributed by atoms with E-state index in [4.69, 9.17) is 21.1 Å². The molecule has 0 fully saturated rings. The Labute approximate surface area is 170 Å². The molecule has 3 aromatic rings. The minimum absolute atomic E-state index is 0.301. The molecular weight excluding hydrogens is 434 g/mol. The third-order valence-electron chi connectivity index (χ3n) is 3.89. The maximum atomic E-state index is 12.8. The number of halogens is 2. The van der Waals surface area contributed by atoms with Crippen LogP contribution in [-0.2, 0) is 6.54 Å². The standard InChI is InChI=1S/C19H17BrClN3O3/c1-26-15-8-5-9-16(27-2)17(15)19(25)22-18-13(20)11-24(23-18)10-12-6-3-4-7-14(12)21/h3-9,11H,10H2,1-2H3,(H,22,23,25). The number of ether oxygens (including phenoxy) is 2. The molecule has 0 atom stereocenters. The fourth-order valence-corrected chi connectivity index (χ4v) is 3.22. The molecule has 0 bridgehead atoms. The second kappa shape index (κ2) is 8.45. The number of carbonyl (C=O) groups is 1. The van der Waals surface area contributed by atoms with E-state index < -0.39 is 0 Å². The quantitative estimate of drug-likeness (QED) is 0.595. The first-order chi connectivity index (χ1) is 13.0. The van der Waals surface area contributed by atoms with Crippen LogP contribution in [0.3, 0.4) is 0 Å². The zero-order chi connectivity index (χ0) is 19.4. The zero-order valence-corrected chi connectivity index (χ0v) is 17.0. The highest BCUT2D eigenvalue weighted by molar-refractivity contribution is 9.10. The van der Waals surface area contributed by atoms with Gasteiger partial charge in [0.1, 0.15) is 17.1 Å². The largest absolute Gasteiger partial charge is 0.496 e. The summed E-state index contributed by atoms with van der Waals surface area (Å²) in [6.07, 6.45) is 1.78. The lowest BCUT2D eigenvalue weighted by Crippen LogP contribution is -2.15. The predicted molar refractivity (Wildman–Crippen MR) is 108 cm³/mol. The second-order valence-corrected chi connectivity index (χ2v) is 6.87. The maximum absolute atomic E-state index is 12.8. The number of hydrogen-bond acceptors (Lipinski definition) is 4. The minimum atomic E-state index is -0.381. The minimum Gasteiger partial charge on any atom is -0.496 e. The van der Waals surface area contributed by atoms with E-state index in [0.29, 0.717) is 38.9 Å². The zero-order valence-electron chi connectivity index (χ0n) is 14.7. The van der Waals surface area contributed by atoms with Crippen LogP contribution in [0.4, 0.5) is 5.82 Å². The van der Waals surface area contributed by atoms with Crippen LogP contribution in [-0.4, -0.2) is 29.9 Å². The lowest BCUT2D eigenvalue weighted by molar-refractivity contribution is 0.102. The average Bonchev–Trinajstić information content (AvgIpc) is 3.01. The molecule has 2 aromatic carbocycles. The van der Waals surface area contributed by atoms with E-state index in [1.807, 2.05) is 24.3 Å². The molecule has 3 rings (SSSR count). The summed E-state index contributed by atoms with van der Waals surface area (Å²) >= 11 is 9.63. The molecule has 8 heteroatoms. The van der Waals surface area contributed by atoms with Crippen molar-refractivity contribution in [1.29, 1.82) is 0 Å². The molecule has 1 heterocycles. The summed E-state index contributed by atoms with van der Waals surface area (Å²) in [6.45, 7) is 0.478. The first kappa shape index (κ1) is 19.3. The highest BCUT2D eigenvalue weighted by Gasteiger charge is 2.20. The first-order valence-corrected chi connectivity index (χ1v) is 9.19. The van der Waals surface area contributed by atoms with Crippen molar-refractivity contribution >= 4 is 39.3 Å². The molecule has 0 aliphatic heterocycles. The number of rotatable bonds is 6. The first-order valence-electron chi connectivity index (χ1n) is 8.02. The molecule has 1 amide bonds. The smallest absolute Gasteiger partial charge is 0.264 e. The van der Waals surface area contributed by atoms with Crippen molar-refractivity contribution in [1.82, 2.24) is 9.78 Å². The Morgan fingerprint density at radius 1 is 1.15 bits per heavy atom. The lowest BCUT2D eigenvalue weighted by atomic mass is 10.1. The van der Waals surface area contributed by atoms with Gasteiger partial charge in [0.2, 0.25) is 0 Å². The van der Waals surface area contributed by atoms with Crippen molar-refractivity contribution in [2.24, 2.45) is 0 Å². The van der Waals surface area contributed by atoms with Gasteiger partial charge in [-0.2, -0.15) is 5.10 Å². The van der Waals surface area contributed by atoms with Crippen LogP contribution in [0.25, 0.3) is 0 Å². The molecule has 0 saturated heterocycles. The van der Waals surface area contributed by atoms with Crippen LogP contribution in [0.5, 0.6) is 11.5 Å². The number of nitrogens with one attached hydrogen (secondary N) is 1. The molecule has 0 saturated carbocycles. The Morgan fingerprint density at radius 2 is 1.81 bits per heavy atom. The molecule has 1 N–H and O–H groups in total. The van der Waals surface area contributed by atoms with E-state index >= 15 is 0 Å². The van der Waals surface area contributed by atoms with Gasteiger partial charge in [0.05, 0.1) is 25.2 Å². The number of benzene rings is 2. The van der Waals surface area contributed by atoms with Gasteiger partial charge in [-0.15, -0.1) is 0 Å². The highest BCUT2D eigenvalue weighted by Crippen LogP contribution is 2.30. The van der Waals surface area contributed by atoms with E-state index in [-0.39, 0.29) is 5.91 Å². The summed E-state index contributed by atoms with van der Waals surface area (Å²) in [5.41, 5.74) is 1.23. The average molecular weight is 451 g/mol. The molecule has 6 nitrogen and oxygen atoms in total. The number of hydrogen-bond donors (Lipinski definition) is 1. The Kier molecular flexibility index (Phi) is 6.03. The third-order valence-corrected chi connectivity index (χ3v) is 4.84. The monoisotopic (exact) mass is 449 g/mol. The lowest BCUT2D eigenvalue weighted by Gasteiger charge is -2.12. The summed E-state index contributed by atoms with van der Waals surface area (Å²) in [4.78, 5) is 12.8. The van der Waals surface area contributed by atoms with Gasteiger partial charge < -0.3 is 14.8 Å². The van der Waals surface area contributed by atoms with E-state index in [2.05, 4.69) is 26.3 Å². The Hall–Kier alpha value is -2.51. The Morgan fingerprint density at radius 3 is 2.44 bits per heavy atom. The summed E-state index contributed by atoms with van der Waals surface area (Å²) < 4.78 is 12.9. The fourth-order valence-electron chi connectivity index (χ4n) is 2.61. The molecule has 0 spiro atoms. The number of carbonyl (C=O) groups excluding carboxylic acids is 1. The molecule has 27 heavy (non-hydrogen) atoms. The summed E-state index contributed by atoms with van der Waals surface area (Å²) in [6, 6.07) is 12.7. The van der Waals surface area contributed by atoms with Gasteiger partial charge in [0, 0.05) is 11.2 Å². The van der Waals surface area contributed by atoms with Gasteiger partial charge in [-0.05, 0) is 39.7 Å². The predicted octanol–water partition coefficient (Wildman–Crippen LogP) is 4.62. The van der Waals surface area contributed by atoms with Gasteiger partial charge in [0.25, 0.3) is 5.91 Å². The van der Waals surface area contributed by atoms with E-state index in [0.717, 1.165) is 5.56 Å². The van der Waals surface area contributed by atoms with Crippen molar-refractivity contribution in [2.45, 2.75) is 6.54 Å². The van der Waals surface area contributed by atoms with Crippen LogP contribution < -0.4 is 14.8 Å². The fraction of sp³-hybridized carbons (Fsp3) is 0.158. The number of nitrogens with zero attached hydrogens (tertiary/aromatic N) is 2. The molecule has 0 unspecified atom stereocenters. The van der Waals surface area contributed by atoms with Crippen LogP contribution in [0, 0.1) is 0 Å². The number of anilines is 1. The Balaban J connectivity index is 1.84. The molecule has 0 aliphatic carbocycles. The molecule has 140 valence electrons. The SMILES string of the molecule is COc1cccc(OC)c1C(=O)Nc1nn(Cc2ccccc2Cl)cc1Br. The normalized spacial score (nSPS) is 10.5. The molecule has 0 radical (unpaired) electrons. The van der Waals surface area contributed by atoms with E-state index in [9.17, 15) is 4.79 Å². The van der Waals surface area contributed by atoms with Crippen LogP contribution in [0.2, 0.25) is 5.02 Å². The van der Waals surface area contributed by atoms with Crippen LogP contribution >= 0.6 is 27.5 Å². The molecule has 1 aromatic heterocycles. The van der Waals surface area contributed by atoms with Gasteiger partial charge >= 0.3 is 0 Å². The molecule has 0 aliphatic rings. The van der Waals surface area contributed by atoms with Crippen molar-refractivity contribution < 1.29 is 14.3 Å². The van der Waals surface area contributed by atoms with Gasteiger partial charge in [-0.25, -0.2) is 0 Å². The van der Waals surface area contributed by atoms with Crippen molar-refractivity contribution in [3.05, 3.63) is 69.3 Å². The van der Waals surface area contributed by atoms with Gasteiger partial charge in [-0.1, -0.05) is 35.9 Å². The Bertz CT molecular complexity index is 952. The van der Waals surface area contributed by atoms with Crippen molar-refractivity contribution in [2.75, 3.05) is 19.5 Å². The molecular formula is C19H17BrClN3O3. The topological polar surface area (TPSA) is 65.4 Å². The highest BCUT2D eigenvalue weighted by atomic mass is 79.9. The van der Waals surface area contributed by atoms with Gasteiger partial charge in [0.15, 0.2) is 5.82 Å². The van der Waals surface area contributed by atoms with E-state index in [1.165, 1.54) is 14.2 Å². The summed E-state index contributed by atoms with van der Waals surface area (Å²) in [5.74, 6) is 0.838. The number of aromatic nitrogens is 2. The van der Waals surface area contributed by atoms with Gasteiger partial charge in [-0.3, -0.25) is 9.48 Å². The van der Waals surface area contributed by atoms with Crippen LogP contribution in [0.1, 0.15) is 15.9 Å². The number of amides is 1. The van der Waals surface area contributed by atoms with Crippen molar-refractivity contribution in [3.8, 4) is 11.5 Å². The van der Waals surface area contributed by atoms with Crippen LogP contribution in [0.15, 0.2) is 53.1 Å². The summed E-state index contributed by atoms with van der Waals surface area (Å²) in [5, 5.41) is 7.87. The van der Waals surface area contributed by atoms with Crippen molar-refractivity contribution in [3.63, 3.8) is 0 Å². The summed E-state index contributed by atoms with van der Waals surface area (Å²) in [7, 11) is 3.00. The third kappa shape index (κ3) is 4.26. The second-order valence-electron chi connectivity index (χ2n) is 5.61. The number of methoxy groups -OCH3 is 2. The maximum Gasteiger partial charge on any atom is 0.264 e.